The Morgan fingerprint density at radius 1 is 0.970 bits per heavy atom. The molecule has 5 rings (SSSR count). The van der Waals surface area contributed by atoms with Gasteiger partial charge in [0, 0.05) is 11.5 Å². The van der Waals surface area contributed by atoms with Crippen LogP contribution in [0.4, 0.5) is 13.2 Å². The summed E-state index contributed by atoms with van der Waals surface area (Å²) in [4.78, 5) is 25.1. The molecule has 0 amide bonds. The van der Waals surface area contributed by atoms with Crippen LogP contribution in [0.25, 0.3) is 6.08 Å². The highest BCUT2D eigenvalue weighted by molar-refractivity contribution is 6.15. The van der Waals surface area contributed by atoms with Gasteiger partial charge in [0.05, 0.1) is 19.1 Å². The molecule has 0 N–H and O–H groups in total. The van der Waals surface area contributed by atoms with E-state index in [0.29, 0.717) is 16.9 Å². The molecule has 0 bridgehead atoms. The van der Waals surface area contributed by atoms with Crippen LogP contribution < -0.4 is 14.2 Å². The molecule has 0 fully saturated rings. The van der Waals surface area contributed by atoms with Crippen LogP contribution in [0.5, 0.6) is 17.2 Å². The molecule has 0 saturated carbocycles. The van der Waals surface area contributed by atoms with E-state index in [1.165, 1.54) is 12.1 Å². The zero-order valence-electron chi connectivity index (χ0n) is 17.2. The maximum absolute atomic E-state index is 13.9. The van der Waals surface area contributed by atoms with Crippen LogP contribution in [-0.4, -0.2) is 18.9 Å². The lowest BCUT2D eigenvalue weighted by Gasteiger charge is -2.26. The van der Waals surface area contributed by atoms with E-state index in [4.69, 9.17) is 14.2 Å². The van der Waals surface area contributed by atoms with Crippen molar-refractivity contribution in [3.63, 3.8) is 0 Å². The summed E-state index contributed by atoms with van der Waals surface area (Å²) in [5.74, 6) is -5.34. The van der Waals surface area contributed by atoms with Crippen LogP contribution >= 0.6 is 0 Å². The van der Waals surface area contributed by atoms with Gasteiger partial charge >= 0.3 is 5.97 Å². The lowest BCUT2D eigenvalue weighted by Crippen LogP contribution is -2.22. The minimum atomic E-state index is -1.60. The van der Waals surface area contributed by atoms with E-state index in [9.17, 15) is 22.8 Å². The molecule has 0 aromatic heterocycles. The van der Waals surface area contributed by atoms with Gasteiger partial charge < -0.3 is 14.2 Å². The first kappa shape index (κ1) is 20.8. The number of fused-ring (bicyclic) bond motifs is 3. The molecule has 0 aliphatic carbocycles. The summed E-state index contributed by atoms with van der Waals surface area (Å²) >= 11 is 0. The molecule has 0 saturated heterocycles. The van der Waals surface area contributed by atoms with Gasteiger partial charge in [0.1, 0.15) is 17.2 Å². The number of carbonyl (C=O) groups excluding carboxylic acids is 2. The molecule has 5 nitrogen and oxygen atoms in total. The zero-order chi connectivity index (χ0) is 23.3. The molecule has 2 aliphatic rings. The van der Waals surface area contributed by atoms with Crippen LogP contribution in [0.2, 0.25) is 0 Å². The monoisotopic (exact) mass is 452 g/mol. The summed E-state index contributed by atoms with van der Waals surface area (Å²) in [6.07, 6.45) is 1.29. The number of carbonyl (C=O) groups is 2. The fraction of sp³-hybridized carbons (Fsp3) is 0.120. The average molecular weight is 452 g/mol. The average Bonchev–Trinajstić information content (AvgIpc) is 3.12. The smallest absolute Gasteiger partial charge is 0.312 e. The van der Waals surface area contributed by atoms with Gasteiger partial charge in [-0.05, 0) is 53.6 Å². The van der Waals surface area contributed by atoms with Gasteiger partial charge in [-0.1, -0.05) is 12.1 Å². The summed E-state index contributed by atoms with van der Waals surface area (Å²) < 4.78 is 57.6. The summed E-state index contributed by atoms with van der Waals surface area (Å²) in [5.41, 5.74) is 1.23. The third-order valence-corrected chi connectivity index (χ3v) is 5.60. The highest BCUT2D eigenvalue weighted by Crippen LogP contribution is 2.49. The quantitative estimate of drug-likeness (QED) is 0.238. The summed E-state index contributed by atoms with van der Waals surface area (Å²) in [6.45, 7) is 0. The van der Waals surface area contributed by atoms with Crippen molar-refractivity contribution in [2.45, 2.75) is 12.3 Å². The Labute approximate surface area is 186 Å². The Hall–Kier alpha value is -4.07. The molecule has 2 aliphatic heterocycles. The molecule has 3 aromatic carbocycles. The lowest BCUT2D eigenvalue weighted by atomic mass is 9.84. The molecule has 1 atom stereocenters. The number of allylic oxidation sites excluding steroid dienone is 1. The van der Waals surface area contributed by atoms with Crippen LogP contribution in [0, 0.1) is 17.5 Å². The number of benzene rings is 3. The van der Waals surface area contributed by atoms with E-state index in [1.807, 2.05) is 0 Å². The predicted octanol–water partition coefficient (Wildman–Crippen LogP) is 5.17. The summed E-state index contributed by atoms with van der Waals surface area (Å²) in [7, 11) is 1.54. The largest absolute Gasteiger partial charge is 0.497 e. The number of halogens is 3. The molecule has 33 heavy (non-hydrogen) atoms. The van der Waals surface area contributed by atoms with Crippen molar-refractivity contribution in [3.05, 3.63) is 94.0 Å². The highest BCUT2D eigenvalue weighted by atomic mass is 19.2. The van der Waals surface area contributed by atoms with Gasteiger partial charge in [-0.2, -0.15) is 0 Å². The molecule has 0 spiro atoms. The van der Waals surface area contributed by atoms with Gasteiger partial charge in [-0.15, -0.1) is 0 Å². The molecular formula is C25H15F3O5. The van der Waals surface area contributed by atoms with E-state index in [-0.39, 0.29) is 34.8 Å². The van der Waals surface area contributed by atoms with E-state index in [0.717, 1.165) is 12.1 Å². The fourth-order valence-corrected chi connectivity index (χ4v) is 4.02. The van der Waals surface area contributed by atoms with Gasteiger partial charge in [0.25, 0.3) is 0 Å². The van der Waals surface area contributed by atoms with Crippen LogP contribution in [0.1, 0.15) is 39.4 Å². The van der Waals surface area contributed by atoms with Gasteiger partial charge in [-0.3, -0.25) is 9.59 Å². The van der Waals surface area contributed by atoms with Gasteiger partial charge in [-0.25, -0.2) is 13.2 Å². The van der Waals surface area contributed by atoms with Gasteiger partial charge in [0.15, 0.2) is 23.2 Å². The highest BCUT2D eigenvalue weighted by Gasteiger charge is 2.39. The van der Waals surface area contributed by atoms with E-state index < -0.39 is 35.1 Å². The van der Waals surface area contributed by atoms with Crippen molar-refractivity contribution < 1.29 is 37.0 Å². The summed E-state index contributed by atoms with van der Waals surface area (Å²) in [6, 6.07) is 11.5. The second-order valence-corrected chi connectivity index (χ2v) is 7.60. The van der Waals surface area contributed by atoms with E-state index in [2.05, 4.69) is 0 Å². The Morgan fingerprint density at radius 3 is 2.33 bits per heavy atom. The van der Waals surface area contributed by atoms with Crippen molar-refractivity contribution in [3.8, 4) is 17.2 Å². The first-order valence-corrected chi connectivity index (χ1v) is 9.96. The maximum atomic E-state index is 13.9. The summed E-state index contributed by atoms with van der Waals surface area (Å²) in [5, 5.41) is 0. The normalized spacial score (nSPS) is 17.9. The molecule has 0 radical (unpaired) electrons. The number of ether oxygens (including phenoxy) is 3. The van der Waals surface area contributed by atoms with Crippen molar-refractivity contribution in [1.29, 1.82) is 0 Å². The number of hydrogen-bond donors (Lipinski definition) is 0. The van der Waals surface area contributed by atoms with Crippen molar-refractivity contribution in [1.82, 2.24) is 0 Å². The Morgan fingerprint density at radius 2 is 1.67 bits per heavy atom. The first-order valence-electron chi connectivity index (χ1n) is 9.96. The number of rotatable bonds is 3. The third-order valence-electron chi connectivity index (χ3n) is 5.60. The minimum Gasteiger partial charge on any atom is -0.497 e. The number of ketones is 1. The molecule has 3 aromatic rings. The standard InChI is InChI=1S/C25H15F3O5/c1-31-14-4-2-12(3-5-14)8-20-24(30)15-6-7-19-22(25(15)33-20)16(11-21(29)32-19)13-9-17(26)23(28)18(27)10-13/h2-10,16H,11H2,1H3/b20-8+/t16-/m0/s1. The second kappa shape index (κ2) is 7.81. The topological polar surface area (TPSA) is 61.8 Å². The van der Waals surface area contributed by atoms with E-state index >= 15 is 0 Å². The van der Waals surface area contributed by atoms with Crippen LogP contribution in [0.15, 0.2) is 54.3 Å². The zero-order valence-corrected chi connectivity index (χ0v) is 17.2. The molecule has 166 valence electrons. The third kappa shape index (κ3) is 3.53. The number of methoxy groups -OCH3 is 1. The molecule has 0 unspecified atom stereocenters. The Bertz CT molecular complexity index is 1320. The van der Waals surface area contributed by atoms with Crippen molar-refractivity contribution >= 4 is 17.8 Å². The lowest BCUT2D eigenvalue weighted by molar-refractivity contribution is -0.135. The Balaban J connectivity index is 1.60. The first-order chi connectivity index (χ1) is 15.9. The SMILES string of the molecule is COc1ccc(/C=C2/Oc3c(ccc4c3[C@H](c3cc(F)c(F)c(F)c3)CC(=O)O4)C2=O)cc1. The number of esters is 1. The van der Waals surface area contributed by atoms with Crippen LogP contribution in [-0.2, 0) is 4.79 Å². The van der Waals surface area contributed by atoms with Gasteiger partial charge in [0.2, 0.25) is 5.78 Å². The van der Waals surface area contributed by atoms with E-state index in [1.54, 1.807) is 37.5 Å². The molecular weight excluding hydrogens is 437 g/mol. The minimum absolute atomic E-state index is 0.0290. The molecule has 8 heteroatoms. The Kier molecular flexibility index (Phi) is 4.92. The van der Waals surface area contributed by atoms with Crippen molar-refractivity contribution in [2.24, 2.45) is 0 Å². The van der Waals surface area contributed by atoms with Crippen molar-refractivity contribution in [2.75, 3.05) is 7.11 Å². The second-order valence-electron chi connectivity index (χ2n) is 7.60. The number of hydrogen-bond acceptors (Lipinski definition) is 5. The number of Topliss-reactive ketones (excluding diaryl/α,β-unsaturated/α-hetero) is 1. The maximum Gasteiger partial charge on any atom is 0.312 e. The predicted molar refractivity (Wildman–Crippen MR) is 111 cm³/mol. The molecule has 2 heterocycles. The fourth-order valence-electron chi connectivity index (χ4n) is 4.02. The van der Waals surface area contributed by atoms with Crippen LogP contribution in [0.3, 0.4) is 0 Å².